The lowest BCUT2D eigenvalue weighted by Crippen LogP contribution is -2.53. The van der Waals surface area contributed by atoms with Gasteiger partial charge in [0.25, 0.3) is 5.56 Å². The number of ether oxygens (including phenoxy) is 1. The van der Waals surface area contributed by atoms with Crippen LogP contribution in [0.2, 0.25) is 0 Å². The van der Waals surface area contributed by atoms with Crippen molar-refractivity contribution in [2.24, 2.45) is 5.73 Å². The molecule has 148 valence electrons. The van der Waals surface area contributed by atoms with Crippen molar-refractivity contribution in [2.45, 2.75) is 50.3 Å². The van der Waals surface area contributed by atoms with Crippen LogP contribution in [0, 0.1) is 0 Å². The number of carbonyl (C=O) groups excluding carboxylic acids is 1. The number of imidazole rings is 1. The molecule has 0 saturated carbocycles. The molecule has 1 saturated heterocycles. The molecule has 5 atom stereocenters. The van der Waals surface area contributed by atoms with E-state index in [4.69, 9.17) is 10.5 Å². The molecule has 0 aromatic carbocycles. The molecule has 3 heterocycles. The van der Waals surface area contributed by atoms with Gasteiger partial charge in [-0.25, -0.2) is 9.78 Å². The summed E-state index contributed by atoms with van der Waals surface area (Å²) in [6.07, 6.45) is -0.858. The fourth-order valence-electron chi connectivity index (χ4n) is 3.17. The van der Waals surface area contributed by atoms with Gasteiger partial charge in [-0.1, -0.05) is 13.3 Å². The molecule has 1 aliphatic heterocycles. The molecule has 27 heavy (non-hydrogen) atoms. The summed E-state index contributed by atoms with van der Waals surface area (Å²) in [6, 6.07) is -1.67. The second kappa shape index (κ2) is 7.60. The van der Waals surface area contributed by atoms with Crippen LogP contribution in [0.5, 0.6) is 0 Å². The highest BCUT2D eigenvalue weighted by Gasteiger charge is 2.46. The van der Waals surface area contributed by atoms with Crippen LogP contribution in [0.15, 0.2) is 15.9 Å². The fraction of sp³-hybridized carbons (Fsp3) is 0.600. The lowest BCUT2D eigenvalue weighted by atomic mass is 10.1. The first-order valence-corrected chi connectivity index (χ1v) is 8.56. The molecule has 7 N–H and O–H groups in total. The van der Waals surface area contributed by atoms with E-state index in [2.05, 4.69) is 20.3 Å². The summed E-state index contributed by atoms with van der Waals surface area (Å²) in [5.41, 5.74) is 4.38. The molecule has 0 radical (unpaired) electrons. The van der Waals surface area contributed by atoms with Crippen LogP contribution in [-0.2, 0) is 9.53 Å². The molecule has 2 aromatic rings. The highest BCUT2D eigenvalue weighted by Crippen LogP contribution is 2.30. The first kappa shape index (κ1) is 19.2. The second-order valence-corrected chi connectivity index (χ2v) is 6.43. The molecule has 2 aromatic heterocycles. The first-order chi connectivity index (χ1) is 12.9. The van der Waals surface area contributed by atoms with Crippen LogP contribution >= 0.6 is 0 Å². The maximum Gasteiger partial charge on any atom is 0.327 e. The number of aromatic nitrogens is 4. The SMILES string of the molecule is CCCC(N)C(=O)NC1C(O)[C@H](n2cnc3c(=O)[nH]c(=O)[nH]c32)O[C@@H]1CO. The largest absolute Gasteiger partial charge is 0.394 e. The number of H-pyrrole nitrogens is 2. The Morgan fingerprint density at radius 1 is 1.48 bits per heavy atom. The number of aliphatic hydroxyl groups is 2. The third-order valence-electron chi connectivity index (χ3n) is 4.54. The van der Waals surface area contributed by atoms with E-state index in [-0.39, 0.29) is 11.2 Å². The number of hydrogen-bond acceptors (Lipinski definition) is 8. The standard InChI is InChI=1S/C15H22N6O6/c1-2-3-6(16)12(24)18-8-7(4-22)27-14(10(8)23)21-5-17-9-11(21)19-15(26)20-13(9)25/h5-8,10,14,22-23H,2-4,16H2,1H3,(H,18,24)(H2,19,20,25,26)/t6?,7-,8?,10?,14-/m1/s1. The molecule has 0 aliphatic carbocycles. The van der Waals surface area contributed by atoms with Crippen LogP contribution < -0.4 is 22.3 Å². The topological polar surface area (TPSA) is 188 Å². The lowest BCUT2D eigenvalue weighted by Gasteiger charge is -2.22. The smallest absolute Gasteiger partial charge is 0.327 e. The Morgan fingerprint density at radius 2 is 2.22 bits per heavy atom. The number of fused-ring (bicyclic) bond motifs is 1. The Labute approximate surface area is 152 Å². The van der Waals surface area contributed by atoms with Crippen LogP contribution in [-0.4, -0.2) is 66.5 Å². The van der Waals surface area contributed by atoms with E-state index in [0.29, 0.717) is 12.8 Å². The number of nitrogens with one attached hydrogen (secondary N) is 3. The van der Waals surface area contributed by atoms with Crippen molar-refractivity contribution in [3.05, 3.63) is 27.2 Å². The van der Waals surface area contributed by atoms with Crippen molar-refractivity contribution in [3.8, 4) is 0 Å². The van der Waals surface area contributed by atoms with Crippen LogP contribution in [0.4, 0.5) is 0 Å². The van der Waals surface area contributed by atoms with Gasteiger partial charge < -0.3 is 26.0 Å². The van der Waals surface area contributed by atoms with Crippen molar-refractivity contribution in [2.75, 3.05) is 6.61 Å². The summed E-state index contributed by atoms with van der Waals surface area (Å²) in [5.74, 6) is -0.469. The summed E-state index contributed by atoms with van der Waals surface area (Å²) in [7, 11) is 0. The van der Waals surface area contributed by atoms with E-state index >= 15 is 0 Å². The molecule has 12 nitrogen and oxygen atoms in total. The van der Waals surface area contributed by atoms with Crippen molar-refractivity contribution >= 4 is 17.1 Å². The maximum atomic E-state index is 12.2. The monoisotopic (exact) mass is 382 g/mol. The van der Waals surface area contributed by atoms with Gasteiger partial charge in [-0.2, -0.15) is 0 Å². The van der Waals surface area contributed by atoms with Gasteiger partial charge in [0.15, 0.2) is 11.7 Å². The van der Waals surface area contributed by atoms with Gasteiger partial charge in [0, 0.05) is 0 Å². The van der Waals surface area contributed by atoms with E-state index < -0.39 is 54.3 Å². The van der Waals surface area contributed by atoms with Gasteiger partial charge in [-0.05, 0) is 6.42 Å². The zero-order valence-corrected chi connectivity index (χ0v) is 14.6. The number of nitrogens with two attached hydrogens (primary N) is 1. The minimum absolute atomic E-state index is 0.0385. The summed E-state index contributed by atoms with van der Waals surface area (Å²) in [4.78, 5) is 44.0. The summed E-state index contributed by atoms with van der Waals surface area (Å²) in [5, 5.41) is 22.8. The van der Waals surface area contributed by atoms with Gasteiger partial charge in [0.1, 0.15) is 17.9 Å². The number of amides is 1. The predicted molar refractivity (Wildman–Crippen MR) is 92.8 cm³/mol. The Kier molecular flexibility index (Phi) is 5.41. The molecule has 3 unspecified atom stereocenters. The van der Waals surface area contributed by atoms with E-state index in [1.54, 1.807) is 0 Å². The van der Waals surface area contributed by atoms with E-state index in [9.17, 15) is 24.6 Å². The van der Waals surface area contributed by atoms with Crippen LogP contribution in [0.1, 0.15) is 26.0 Å². The molecule has 1 fully saturated rings. The number of hydrogen-bond donors (Lipinski definition) is 6. The maximum absolute atomic E-state index is 12.2. The predicted octanol–water partition coefficient (Wildman–Crippen LogP) is -2.72. The number of nitrogens with zero attached hydrogens (tertiary/aromatic N) is 2. The highest BCUT2D eigenvalue weighted by atomic mass is 16.5. The summed E-state index contributed by atoms with van der Waals surface area (Å²) < 4.78 is 6.92. The molecule has 1 aliphatic rings. The van der Waals surface area contributed by atoms with Gasteiger partial charge >= 0.3 is 5.69 Å². The number of aliphatic hydroxyl groups excluding tert-OH is 2. The quantitative estimate of drug-likeness (QED) is 0.310. The zero-order chi connectivity index (χ0) is 19.7. The van der Waals surface area contributed by atoms with Crippen molar-refractivity contribution in [1.82, 2.24) is 24.8 Å². The molecule has 12 heteroatoms. The van der Waals surface area contributed by atoms with E-state index in [1.165, 1.54) is 10.9 Å². The number of carbonyl (C=O) groups is 1. The highest BCUT2D eigenvalue weighted by molar-refractivity contribution is 5.81. The second-order valence-electron chi connectivity index (χ2n) is 6.43. The third kappa shape index (κ3) is 3.51. The lowest BCUT2D eigenvalue weighted by molar-refractivity contribution is -0.124. The Morgan fingerprint density at radius 3 is 2.89 bits per heavy atom. The van der Waals surface area contributed by atoms with E-state index in [1.807, 2.05) is 6.92 Å². The summed E-state index contributed by atoms with van der Waals surface area (Å²) >= 11 is 0. The van der Waals surface area contributed by atoms with Gasteiger partial charge in [0.05, 0.1) is 25.0 Å². The molecule has 1 amide bonds. The summed E-state index contributed by atoms with van der Waals surface area (Å²) in [6.45, 7) is 1.42. The minimum Gasteiger partial charge on any atom is -0.394 e. The van der Waals surface area contributed by atoms with Gasteiger partial charge in [-0.3, -0.25) is 24.1 Å². The molecule has 0 bridgehead atoms. The zero-order valence-electron chi connectivity index (χ0n) is 14.6. The minimum atomic E-state index is -1.28. The van der Waals surface area contributed by atoms with Gasteiger partial charge in [-0.15, -0.1) is 0 Å². The van der Waals surface area contributed by atoms with Crippen molar-refractivity contribution in [3.63, 3.8) is 0 Å². The van der Waals surface area contributed by atoms with Crippen LogP contribution in [0.25, 0.3) is 11.2 Å². The van der Waals surface area contributed by atoms with Gasteiger partial charge in [0.2, 0.25) is 5.91 Å². The van der Waals surface area contributed by atoms with Crippen molar-refractivity contribution < 1.29 is 19.7 Å². The van der Waals surface area contributed by atoms with Crippen molar-refractivity contribution in [1.29, 1.82) is 0 Å². The average molecular weight is 382 g/mol. The molecule has 0 spiro atoms. The molecular formula is C15H22N6O6. The Hall–Kier alpha value is -2.54. The first-order valence-electron chi connectivity index (χ1n) is 8.56. The molecular weight excluding hydrogens is 360 g/mol. The third-order valence-corrected chi connectivity index (χ3v) is 4.54. The van der Waals surface area contributed by atoms with Crippen LogP contribution in [0.3, 0.4) is 0 Å². The van der Waals surface area contributed by atoms with E-state index in [0.717, 1.165) is 0 Å². The fourth-order valence-corrected chi connectivity index (χ4v) is 3.17. The normalized spacial score (nSPS) is 26.4. The average Bonchev–Trinajstić information content (AvgIpc) is 3.17. The Bertz CT molecular complexity index is 935. The number of rotatable bonds is 6. The number of aromatic amines is 2. The molecule has 3 rings (SSSR count). The Balaban J connectivity index is 1.89.